The summed E-state index contributed by atoms with van der Waals surface area (Å²) in [5, 5.41) is 11.5. The van der Waals surface area contributed by atoms with Gasteiger partial charge in [-0.05, 0) is 25.1 Å². The Hall–Kier alpha value is -2.52. The molecule has 1 heterocycles. The lowest BCUT2D eigenvalue weighted by atomic mass is 9.86. The van der Waals surface area contributed by atoms with Crippen LogP contribution in [0.3, 0.4) is 0 Å². The molecule has 2 N–H and O–H groups in total. The third-order valence-corrected chi connectivity index (χ3v) is 4.76. The molecule has 1 aliphatic rings. The number of anilines is 1. The summed E-state index contributed by atoms with van der Waals surface area (Å²) >= 11 is 0. The number of likely N-dealkylation sites (tertiary alicyclic amines) is 1. The van der Waals surface area contributed by atoms with Crippen LogP contribution in [0.5, 0.6) is 0 Å². The first kappa shape index (κ1) is 20.8. The SMILES string of the molecule is COC(=O)c1ccc(C(F)(F)F)c(N[C@@H](C)C2(F)CCN(C(=O)O)CC2)c1. The van der Waals surface area contributed by atoms with Gasteiger partial charge < -0.3 is 20.1 Å². The van der Waals surface area contributed by atoms with Gasteiger partial charge in [-0.1, -0.05) is 0 Å². The number of carbonyl (C=O) groups is 2. The van der Waals surface area contributed by atoms with Crippen LogP contribution in [0.15, 0.2) is 18.2 Å². The molecule has 1 saturated heterocycles. The molecule has 150 valence electrons. The van der Waals surface area contributed by atoms with Gasteiger partial charge in [-0.3, -0.25) is 0 Å². The minimum atomic E-state index is -4.70. The minimum absolute atomic E-state index is 0.0494. The first-order valence-corrected chi connectivity index (χ1v) is 8.21. The maximum absolute atomic E-state index is 15.2. The number of rotatable bonds is 4. The van der Waals surface area contributed by atoms with Gasteiger partial charge in [0.15, 0.2) is 0 Å². The van der Waals surface area contributed by atoms with Gasteiger partial charge in [0.2, 0.25) is 0 Å². The molecule has 1 aliphatic heterocycles. The van der Waals surface area contributed by atoms with Crippen LogP contribution < -0.4 is 5.32 Å². The van der Waals surface area contributed by atoms with E-state index in [0.717, 1.165) is 30.2 Å². The zero-order chi connectivity index (χ0) is 20.4. The lowest BCUT2D eigenvalue weighted by Gasteiger charge is -2.39. The van der Waals surface area contributed by atoms with E-state index in [9.17, 15) is 22.8 Å². The summed E-state index contributed by atoms with van der Waals surface area (Å²) in [5.41, 5.74) is -3.46. The van der Waals surface area contributed by atoms with Crippen LogP contribution >= 0.6 is 0 Å². The van der Waals surface area contributed by atoms with Crippen LogP contribution in [-0.2, 0) is 10.9 Å². The number of carboxylic acid groups (broad SMARTS) is 1. The van der Waals surface area contributed by atoms with Gasteiger partial charge in [0.25, 0.3) is 0 Å². The molecule has 1 aromatic rings. The maximum atomic E-state index is 15.2. The number of benzene rings is 1. The normalized spacial score (nSPS) is 17.9. The van der Waals surface area contributed by atoms with Gasteiger partial charge in [-0.25, -0.2) is 14.0 Å². The number of piperidine rings is 1. The number of amides is 1. The number of halogens is 4. The van der Waals surface area contributed by atoms with Crippen LogP contribution in [0.1, 0.15) is 35.7 Å². The van der Waals surface area contributed by atoms with Crippen LogP contribution in [0.4, 0.5) is 28.0 Å². The molecule has 0 bridgehead atoms. The van der Waals surface area contributed by atoms with Gasteiger partial charge in [0.05, 0.1) is 24.3 Å². The van der Waals surface area contributed by atoms with E-state index in [2.05, 4.69) is 10.1 Å². The lowest BCUT2D eigenvalue weighted by molar-refractivity contribution is -0.137. The molecule has 27 heavy (non-hydrogen) atoms. The van der Waals surface area contributed by atoms with Crippen LogP contribution in [0, 0.1) is 0 Å². The van der Waals surface area contributed by atoms with E-state index in [-0.39, 0.29) is 31.5 Å². The quantitative estimate of drug-likeness (QED) is 0.602. The second-order valence-electron chi connectivity index (χ2n) is 6.42. The molecule has 0 spiro atoms. The number of ether oxygens (including phenoxy) is 1. The zero-order valence-corrected chi connectivity index (χ0v) is 14.8. The van der Waals surface area contributed by atoms with Crippen LogP contribution in [0.25, 0.3) is 0 Å². The monoisotopic (exact) mass is 392 g/mol. The van der Waals surface area contributed by atoms with Crippen molar-refractivity contribution in [1.29, 1.82) is 0 Å². The van der Waals surface area contributed by atoms with Crippen LogP contribution in [0.2, 0.25) is 0 Å². The summed E-state index contributed by atoms with van der Waals surface area (Å²) in [4.78, 5) is 23.6. The molecule has 0 unspecified atom stereocenters. The number of hydrogen-bond acceptors (Lipinski definition) is 4. The second-order valence-corrected chi connectivity index (χ2v) is 6.42. The van der Waals surface area contributed by atoms with E-state index in [1.807, 2.05) is 0 Å². The number of methoxy groups -OCH3 is 1. The molecule has 6 nitrogen and oxygen atoms in total. The van der Waals surface area contributed by atoms with Gasteiger partial charge in [0.1, 0.15) is 5.67 Å². The molecule has 1 fully saturated rings. The summed E-state index contributed by atoms with van der Waals surface area (Å²) < 4.78 is 59.5. The zero-order valence-electron chi connectivity index (χ0n) is 14.8. The molecule has 0 aliphatic carbocycles. The first-order chi connectivity index (χ1) is 12.5. The molecule has 0 aromatic heterocycles. The summed E-state index contributed by atoms with van der Waals surface area (Å²) in [7, 11) is 1.10. The predicted molar refractivity (Wildman–Crippen MR) is 88.5 cm³/mol. The van der Waals surface area contributed by atoms with Gasteiger partial charge in [-0.2, -0.15) is 13.2 Å². The molecule has 0 radical (unpaired) electrons. The van der Waals surface area contributed by atoms with Crippen molar-refractivity contribution in [2.24, 2.45) is 0 Å². The fourth-order valence-electron chi connectivity index (χ4n) is 3.02. The Morgan fingerprint density at radius 2 is 1.89 bits per heavy atom. The standard InChI is InChI=1S/C17H20F4N2O4/c1-10(16(18)5-7-23(8-6-16)15(25)26)22-13-9-11(14(24)27-2)3-4-12(13)17(19,20)21/h3-4,9-10,22H,5-8H2,1-2H3,(H,25,26)/t10-/m0/s1. The smallest absolute Gasteiger partial charge is 0.418 e. The molecular formula is C17H20F4N2O4. The molecule has 0 saturated carbocycles. The highest BCUT2D eigenvalue weighted by atomic mass is 19.4. The number of nitrogens with zero attached hydrogens (tertiary/aromatic N) is 1. The topological polar surface area (TPSA) is 78.9 Å². The summed E-state index contributed by atoms with van der Waals surface area (Å²) in [5.74, 6) is -0.816. The van der Waals surface area contributed by atoms with E-state index in [0.29, 0.717) is 0 Å². The Balaban J connectivity index is 2.26. The Bertz CT molecular complexity index is 715. The average Bonchev–Trinajstić information content (AvgIpc) is 2.60. The molecule has 2 rings (SSSR count). The van der Waals surface area contributed by atoms with Crippen molar-refractivity contribution in [2.75, 3.05) is 25.5 Å². The Labute approximate surface area is 153 Å². The summed E-state index contributed by atoms with van der Waals surface area (Å²) in [6.45, 7) is 1.29. The Morgan fingerprint density at radius 1 is 1.30 bits per heavy atom. The average molecular weight is 392 g/mol. The minimum Gasteiger partial charge on any atom is -0.465 e. The van der Waals surface area contributed by atoms with E-state index in [1.165, 1.54) is 6.92 Å². The fraction of sp³-hybridized carbons (Fsp3) is 0.529. The van der Waals surface area contributed by atoms with Gasteiger partial charge in [0, 0.05) is 31.6 Å². The number of nitrogens with one attached hydrogen (secondary N) is 1. The van der Waals surface area contributed by atoms with E-state index in [1.54, 1.807) is 0 Å². The highest BCUT2D eigenvalue weighted by Crippen LogP contribution is 2.38. The van der Waals surface area contributed by atoms with E-state index < -0.39 is 41.2 Å². The number of alkyl halides is 4. The third kappa shape index (κ3) is 4.61. The Morgan fingerprint density at radius 3 is 2.37 bits per heavy atom. The molecule has 1 atom stereocenters. The number of esters is 1. The second kappa shape index (κ2) is 7.61. The summed E-state index contributed by atoms with van der Waals surface area (Å²) in [6.07, 6.45) is -6.16. The fourth-order valence-corrected chi connectivity index (χ4v) is 3.02. The highest BCUT2D eigenvalue weighted by molar-refractivity contribution is 5.90. The van der Waals surface area contributed by atoms with E-state index >= 15 is 4.39 Å². The van der Waals surface area contributed by atoms with Crippen molar-refractivity contribution in [3.63, 3.8) is 0 Å². The van der Waals surface area contributed by atoms with Crippen molar-refractivity contribution in [1.82, 2.24) is 4.90 Å². The Kier molecular flexibility index (Phi) is 5.86. The van der Waals surface area contributed by atoms with Gasteiger partial charge in [-0.15, -0.1) is 0 Å². The largest absolute Gasteiger partial charge is 0.465 e. The van der Waals surface area contributed by atoms with Crippen molar-refractivity contribution in [3.8, 4) is 0 Å². The van der Waals surface area contributed by atoms with Crippen molar-refractivity contribution >= 4 is 17.7 Å². The maximum Gasteiger partial charge on any atom is 0.418 e. The molecule has 10 heteroatoms. The van der Waals surface area contributed by atoms with Crippen molar-refractivity contribution in [3.05, 3.63) is 29.3 Å². The van der Waals surface area contributed by atoms with Crippen LogP contribution in [-0.4, -0.2) is 54.0 Å². The highest BCUT2D eigenvalue weighted by Gasteiger charge is 2.42. The van der Waals surface area contributed by atoms with E-state index in [4.69, 9.17) is 5.11 Å². The first-order valence-electron chi connectivity index (χ1n) is 8.21. The number of carbonyl (C=O) groups excluding carboxylic acids is 1. The number of hydrogen-bond donors (Lipinski definition) is 2. The lowest BCUT2D eigenvalue weighted by Crippen LogP contribution is -2.51. The molecule has 1 amide bonds. The summed E-state index contributed by atoms with van der Waals surface area (Å²) in [6, 6.07) is 1.66. The van der Waals surface area contributed by atoms with Gasteiger partial charge >= 0.3 is 18.2 Å². The van der Waals surface area contributed by atoms with Crippen molar-refractivity contribution in [2.45, 2.75) is 37.7 Å². The predicted octanol–water partition coefficient (Wildman–Crippen LogP) is 3.77. The molecular weight excluding hydrogens is 372 g/mol. The molecule has 1 aromatic carbocycles. The third-order valence-electron chi connectivity index (χ3n) is 4.76. The van der Waals surface area contributed by atoms with Crippen molar-refractivity contribution < 1.29 is 37.0 Å².